The van der Waals surface area contributed by atoms with Gasteiger partial charge in [-0.3, -0.25) is 4.79 Å². The first-order valence-corrected chi connectivity index (χ1v) is 4.77. The van der Waals surface area contributed by atoms with E-state index in [0.717, 1.165) is 17.7 Å². The monoisotopic (exact) mass is 191 g/mol. The molecule has 0 fully saturated rings. The highest BCUT2D eigenvalue weighted by atomic mass is 16.1. The topological polar surface area (TPSA) is 29.1 Å². The second-order valence-electron chi connectivity index (χ2n) is 4.51. The van der Waals surface area contributed by atoms with E-state index in [1.54, 1.807) is 0 Å². The molecule has 1 aromatic carbocycles. The van der Waals surface area contributed by atoms with Gasteiger partial charge >= 0.3 is 0 Å². The fraction of sp³-hybridized carbons (Fsp3) is 0.417. The average Bonchev–Trinajstić information content (AvgIpc) is 2.07. The van der Waals surface area contributed by atoms with Crippen LogP contribution in [0.4, 0.5) is 5.69 Å². The molecule has 76 valence electrons. The predicted molar refractivity (Wildman–Crippen MR) is 59.6 cm³/mol. The Kier molecular flexibility index (Phi) is 2.94. The number of hydrogen-bond acceptors (Lipinski definition) is 1. The highest BCUT2D eigenvalue weighted by Crippen LogP contribution is 2.31. The predicted octanol–water partition coefficient (Wildman–Crippen LogP) is 2.86. The second-order valence-corrected chi connectivity index (χ2v) is 4.51. The average molecular weight is 191 g/mol. The Morgan fingerprint density at radius 1 is 1.29 bits per heavy atom. The van der Waals surface area contributed by atoms with E-state index in [0.29, 0.717) is 0 Å². The van der Waals surface area contributed by atoms with Crippen LogP contribution in [0.25, 0.3) is 0 Å². The minimum Gasteiger partial charge on any atom is -0.328 e. The number of anilines is 1. The molecular weight excluding hydrogens is 174 g/mol. The number of hydrogen-bond donors (Lipinski definition) is 1. The molecule has 0 aromatic heterocycles. The van der Waals surface area contributed by atoms with E-state index in [-0.39, 0.29) is 5.41 Å². The maximum absolute atomic E-state index is 10.5. The van der Waals surface area contributed by atoms with Gasteiger partial charge in [0.1, 0.15) is 0 Å². The third-order valence-electron chi connectivity index (χ3n) is 2.28. The van der Waals surface area contributed by atoms with E-state index in [9.17, 15) is 4.79 Å². The number of carbonyl (C=O) groups is 1. The smallest absolute Gasteiger partial charge is 0.211 e. The maximum atomic E-state index is 10.5. The van der Waals surface area contributed by atoms with Gasteiger partial charge in [0.2, 0.25) is 6.41 Å². The lowest BCUT2D eigenvalue weighted by atomic mass is 9.84. The summed E-state index contributed by atoms with van der Waals surface area (Å²) >= 11 is 0. The summed E-state index contributed by atoms with van der Waals surface area (Å²) in [5.74, 6) is 0. The first-order chi connectivity index (χ1) is 6.46. The minimum absolute atomic E-state index is 0.0529. The first kappa shape index (κ1) is 10.8. The van der Waals surface area contributed by atoms with Crippen LogP contribution in [0.2, 0.25) is 0 Å². The Morgan fingerprint density at radius 3 is 2.43 bits per heavy atom. The Bertz CT molecular complexity index is 337. The van der Waals surface area contributed by atoms with E-state index >= 15 is 0 Å². The second kappa shape index (κ2) is 3.82. The Morgan fingerprint density at radius 2 is 1.93 bits per heavy atom. The molecule has 0 atom stereocenters. The SMILES string of the molecule is Cc1cccc(C(C)(C)C)c1NC=O. The van der Waals surface area contributed by atoms with Gasteiger partial charge in [0, 0.05) is 5.69 Å². The van der Waals surface area contributed by atoms with Crippen LogP contribution in [0, 0.1) is 6.92 Å². The number of amides is 1. The third kappa shape index (κ3) is 2.13. The van der Waals surface area contributed by atoms with Crippen molar-refractivity contribution in [3.05, 3.63) is 29.3 Å². The van der Waals surface area contributed by atoms with Gasteiger partial charge in [0.25, 0.3) is 0 Å². The molecule has 1 rings (SSSR count). The van der Waals surface area contributed by atoms with E-state index in [2.05, 4.69) is 32.2 Å². The lowest BCUT2D eigenvalue weighted by Crippen LogP contribution is -2.15. The molecule has 0 radical (unpaired) electrons. The zero-order valence-corrected chi connectivity index (χ0v) is 9.22. The van der Waals surface area contributed by atoms with Gasteiger partial charge in [-0.15, -0.1) is 0 Å². The van der Waals surface area contributed by atoms with Crippen LogP contribution in [0.1, 0.15) is 31.9 Å². The maximum Gasteiger partial charge on any atom is 0.211 e. The Balaban J connectivity index is 3.28. The van der Waals surface area contributed by atoms with Crippen LogP contribution in [-0.2, 0) is 10.2 Å². The van der Waals surface area contributed by atoms with Gasteiger partial charge in [0.05, 0.1) is 0 Å². The molecule has 0 saturated heterocycles. The molecule has 0 aliphatic rings. The van der Waals surface area contributed by atoms with E-state index in [1.807, 2.05) is 19.1 Å². The molecule has 1 amide bonds. The van der Waals surface area contributed by atoms with Crippen molar-refractivity contribution in [1.29, 1.82) is 0 Å². The normalized spacial score (nSPS) is 11.1. The van der Waals surface area contributed by atoms with Gasteiger partial charge in [-0.2, -0.15) is 0 Å². The molecule has 0 saturated carbocycles. The van der Waals surface area contributed by atoms with Crippen LogP contribution in [-0.4, -0.2) is 6.41 Å². The quantitative estimate of drug-likeness (QED) is 0.715. The fourth-order valence-electron chi connectivity index (χ4n) is 1.54. The molecule has 2 nitrogen and oxygen atoms in total. The van der Waals surface area contributed by atoms with Gasteiger partial charge in [-0.05, 0) is 23.5 Å². The van der Waals surface area contributed by atoms with Gasteiger partial charge in [0.15, 0.2) is 0 Å². The summed E-state index contributed by atoms with van der Waals surface area (Å²) in [6.07, 6.45) is 0.734. The standard InChI is InChI=1S/C12H17NO/c1-9-6-5-7-10(12(2,3)4)11(9)13-8-14/h5-8H,1-4H3,(H,13,14). The van der Waals surface area contributed by atoms with E-state index < -0.39 is 0 Å². The number of nitrogens with one attached hydrogen (secondary N) is 1. The van der Waals surface area contributed by atoms with Crippen molar-refractivity contribution in [3.63, 3.8) is 0 Å². The van der Waals surface area contributed by atoms with Crippen LogP contribution in [0.15, 0.2) is 18.2 Å². The van der Waals surface area contributed by atoms with Crippen molar-refractivity contribution >= 4 is 12.1 Å². The molecule has 0 unspecified atom stereocenters. The van der Waals surface area contributed by atoms with Gasteiger partial charge in [-0.1, -0.05) is 39.0 Å². The molecule has 0 spiro atoms. The highest BCUT2D eigenvalue weighted by molar-refractivity contribution is 5.76. The van der Waals surface area contributed by atoms with E-state index in [1.165, 1.54) is 5.56 Å². The van der Waals surface area contributed by atoms with E-state index in [4.69, 9.17) is 0 Å². The Labute approximate surface area is 85.3 Å². The molecular formula is C12H17NO. The van der Waals surface area contributed by atoms with Crippen LogP contribution in [0.3, 0.4) is 0 Å². The molecule has 0 aliphatic heterocycles. The fourth-order valence-corrected chi connectivity index (χ4v) is 1.54. The van der Waals surface area contributed by atoms with Crippen LogP contribution in [0.5, 0.6) is 0 Å². The summed E-state index contributed by atoms with van der Waals surface area (Å²) in [5, 5.41) is 2.77. The lowest BCUT2D eigenvalue weighted by Gasteiger charge is -2.23. The van der Waals surface area contributed by atoms with Crippen molar-refractivity contribution in [1.82, 2.24) is 0 Å². The molecule has 14 heavy (non-hydrogen) atoms. The number of para-hydroxylation sites is 1. The highest BCUT2D eigenvalue weighted by Gasteiger charge is 2.18. The minimum atomic E-state index is 0.0529. The molecule has 1 N–H and O–H groups in total. The summed E-state index contributed by atoms with van der Waals surface area (Å²) in [4.78, 5) is 10.5. The van der Waals surface area contributed by atoms with Crippen molar-refractivity contribution < 1.29 is 4.79 Å². The summed E-state index contributed by atoms with van der Waals surface area (Å²) in [7, 11) is 0. The molecule has 1 aromatic rings. The molecule has 0 heterocycles. The summed E-state index contributed by atoms with van der Waals surface area (Å²) in [6, 6.07) is 6.08. The number of carbonyl (C=O) groups excluding carboxylic acids is 1. The van der Waals surface area contributed by atoms with Crippen LogP contribution >= 0.6 is 0 Å². The molecule has 0 aliphatic carbocycles. The van der Waals surface area contributed by atoms with Gasteiger partial charge < -0.3 is 5.32 Å². The third-order valence-corrected chi connectivity index (χ3v) is 2.28. The summed E-state index contributed by atoms with van der Waals surface area (Å²) in [6.45, 7) is 8.41. The van der Waals surface area contributed by atoms with Gasteiger partial charge in [-0.25, -0.2) is 0 Å². The van der Waals surface area contributed by atoms with Crippen LogP contribution < -0.4 is 5.32 Å². The van der Waals surface area contributed by atoms with Crippen molar-refractivity contribution in [2.75, 3.05) is 5.32 Å². The van der Waals surface area contributed by atoms with Crippen molar-refractivity contribution in [3.8, 4) is 0 Å². The Hall–Kier alpha value is -1.31. The number of rotatable bonds is 2. The largest absolute Gasteiger partial charge is 0.328 e. The number of benzene rings is 1. The summed E-state index contributed by atoms with van der Waals surface area (Å²) in [5.41, 5.74) is 3.27. The van der Waals surface area contributed by atoms with Crippen molar-refractivity contribution in [2.24, 2.45) is 0 Å². The van der Waals surface area contributed by atoms with Crippen molar-refractivity contribution in [2.45, 2.75) is 33.1 Å². The zero-order valence-electron chi connectivity index (χ0n) is 9.22. The zero-order chi connectivity index (χ0) is 10.8. The molecule has 2 heteroatoms. The number of aryl methyl sites for hydroxylation is 1. The first-order valence-electron chi connectivity index (χ1n) is 4.77. The molecule has 0 bridgehead atoms. The lowest BCUT2D eigenvalue weighted by molar-refractivity contribution is -0.105. The summed E-state index contributed by atoms with van der Waals surface area (Å²) < 4.78 is 0.